The molecule has 0 bridgehead atoms. The van der Waals surface area contributed by atoms with Gasteiger partial charge in [0.15, 0.2) is 5.76 Å². The minimum atomic E-state index is -0.296. The van der Waals surface area contributed by atoms with E-state index in [1.165, 1.54) is 0 Å². The number of aromatic nitrogens is 2. The number of para-hydroxylation sites is 1. The summed E-state index contributed by atoms with van der Waals surface area (Å²) >= 11 is 6.86. The number of nitrogens with one attached hydrogen (secondary N) is 1. The summed E-state index contributed by atoms with van der Waals surface area (Å²) in [6, 6.07) is 10.9. The highest BCUT2D eigenvalue weighted by molar-refractivity contribution is 9.10. The Kier molecular flexibility index (Phi) is 6.16. The topological polar surface area (TPSA) is 69.3 Å². The zero-order valence-corrected chi connectivity index (χ0v) is 17.2. The highest BCUT2D eigenvalue weighted by Crippen LogP contribution is 2.25. The molecule has 0 fully saturated rings. The number of nitrogens with zero attached hydrogens (tertiary/aromatic N) is 2. The van der Waals surface area contributed by atoms with Gasteiger partial charge in [-0.1, -0.05) is 12.1 Å². The Labute approximate surface area is 167 Å². The highest BCUT2D eigenvalue weighted by Gasteiger charge is 2.13. The lowest BCUT2D eigenvalue weighted by molar-refractivity contribution is 0.0918. The van der Waals surface area contributed by atoms with Gasteiger partial charge in [0.05, 0.1) is 21.2 Å². The van der Waals surface area contributed by atoms with Crippen LogP contribution in [0.4, 0.5) is 0 Å². The van der Waals surface area contributed by atoms with Crippen molar-refractivity contribution in [2.75, 3.05) is 0 Å². The van der Waals surface area contributed by atoms with Crippen molar-refractivity contribution in [3.8, 4) is 5.75 Å². The molecule has 0 aliphatic rings. The van der Waals surface area contributed by atoms with Crippen molar-refractivity contribution in [3.63, 3.8) is 0 Å². The van der Waals surface area contributed by atoms with Crippen LogP contribution in [0, 0.1) is 0 Å². The molecule has 1 amide bonds. The second kappa shape index (κ2) is 8.55. The lowest BCUT2D eigenvalue weighted by Gasteiger charge is -2.06. The first-order valence-electron chi connectivity index (χ1n) is 8.03. The van der Waals surface area contributed by atoms with E-state index in [1.54, 1.807) is 16.8 Å². The molecule has 3 rings (SSSR count). The van der Waals surface area contributed by atoms with Gasteiger partial charge in [0.2, 0.25) is 0 Å². The van der Waals surface area contributed by atoms with Crippen molar-refractivity contribution in [1.29, 1.82) is 0 Å². The number of hydrogen-bond acceptors (Lipinski definition) is 4. The first kappa shape index (κ1) is 18.7. The molecule has 1 N–H and O–H groups in total. The van der Waals surface area contributed by atoms with Crippen LogP contribution < -0.4 is 10.1 Å². The molecular formula is C18H17Br2N3O3. The number of amides is 1. The Hall–Kier alpha value is -2.06. The first-order valence-corrected chi connectivity index (χ1v) is 9.61. The zero-order chi connectivity index (χ0) is 18.5. The Morgan fingerprint density at radius 3 is 2.77 bits per heavy atom. The molecule has 8 heteroatoms. The fraction of sp³-hybridized carbons (Fsp3) is 0.222. The van der Waals surface area contributed by atoms with Gasteiger partial charge < -0.3 is 14.5 Å². The standard InChI is InChI=1S/C18H17Br2N3O3/c1-2-23-10-14(20)15(22-23)9-21-18(24)17-8-7-12(26-17)11-25-16-6-4-3-5-13(16)19/h3-8,10H,2,9,11H2,1H3,(H,21,24). The van der Waals surface area contributed by atoms with Crippen LogP contribution in [0.3, 0.4) is 0 Å². The summed E-state index contributed by atoms with van der Waals surface area (Å²) in [5, 5.41) is 7.17. The average Bonchev–Trinajstić information content (AvgIpc) is 3.25. The maximum absolute atomic E-state index is 12.2. The van der Waals surface area contributed by atoms with Gasteiger partial charge in [-0.05, 0) is 63.0 Å². The van der Waals surface area contributed by atoms with Crippen molar-refractivity contribution in [1.82, 2.24) is 15.1 Å². The summed E-state index contributed by atoms with van der Waals surface area (Å²) < 4.78 is 14.8. The van der Waals surface area contributed by atoms with Gasteiger partial charge in [-0.3, -0.25) is 9.48 Å². The molecule has 3 aromatic rings. The Morgan fingerprint density at radius 1 is 1.23 bits per heavy atom. The molecule has 1 aromatic carbocycles. The van der Waals surface area contributed by atoms with Crippen molar-refractivity contribution in [2.45, 2.75) is 26.6 Å². The summed E-state index contributed by atoms with van der Waals surface area (Å²) in [5.41, 5.74) is 0.768. The van der Waals surface area contributed by atoms with Crippen LogP contribution in [-0.2, 0) is 19.7 Å². The van der Waals surface area contributed by atoms with Crippen LogP contribution >= 0.6 is 31.9 Å². The molecule has 136 valence electrons. The number of furan rings is 1. The molecule has 0 saturated heterocycles. The predicted molar refractivity (Wildman–Crippen MR) is 104 cm³/mol. The van der Waals surface area contributed by atoms with E-state index in [1.807, 2.05) is 37.4 Å². The lowest BCUT2D eigenvalue weighted by Crippen LogP contribution is -2.22. The van der Waals surface area contributed by atoms with Crippen molar-refractivity contribution in [3.05, 3.63) is 68.8 Å². The zero-order valence-electron chi connectivity index (χ0n) is 14.0. The fourth-order valence-electron chi connectivity index (χ4n) is 2.26. The normalized spacial score (nSPS) is 10.7. The smallest absolute Gasteiger partial charge is 0.287 e. The molecule has 0 saturated carbocycles. The molecule has 2 heterocycles. The fourth-order valence-corrected chi connectivity index (χ4v) is 3.11. The average molecular weight is 483 g/mol. The third kappa shape index (κ3) is 4.56. The molecule has 0 spiro atoms. The first-order chi connectivity index (χ1) is 12.6. The molecule has 0 aliphatic carbocycles. The summed E-state index contributed by atoms with van der Waals surface area (Å²) in [5.74, 6) is 1.23. The maximum atomic E-state index is 12.2. The van der Waals surface area contributed by atoms with Gasteiger partial charge in [-0.2, -0.15) is 5.10 Å². The van der Waals surface area contributed by atoms with E-state index < -0.39 is 0 Å². The van der Waals surface area contributed by atoms with Gasteiger partial charge >= 0.3 is 0 Å². The van der Waals surface area contributed by atoms with Gasteiger partial charge in [-0.25, -0.2) is 0 Å². The number of rotatable bonds is 7. The lowest BCUT2D eigenvalue weighted by atomic mass is 10.3. The largest absolute Gasteiger partial charge is 0.484 e. The van der Waals surface area contributed by atoms with Crippen LogP contribution in [0.25, 0.3) is 0 Å². The predicted octanol–water partition coefficient (Wildman–Crippen LogP) is 4.53. The van der Waals surface area contributed by atoms with E-state index in [4.69, 9.17) is 9.15 Å². The molecular weight excluding hydrogens is 466 g/mol. The van der Waals surface area contributed by atoms with E-state index in [0.717, 1.165) is 21.2 Å². The highest BCUT2D eigenvalue weighted by atomic mass is 79.9. The van der Waals surface area contributed by atoms with E-state index in [0.29, 0.717) is 18.1 Å². The number of ether oxygens (including phenoxy) is 1. The van der Waals surface area contributed by atoms with E-state index in [9.17, 15) is 4.79 Å². The van der Waals surface area contributed by atoms with Crippen molar-refractivity contribution >= 4 is 37.8 Å². The molecule has 0 unspecified atom stereocenters. The number of halogens is 2. The van der Waals surface area contributed by atoms with Crippen LogP contribution in [0.5, 0.6) is 5.75 Å². The molecule has 0 radical (unpaired) electrons. The minimum Gasteiger partial charge on any atom is -0.484 e. The summed E-state index contributed by atoms with van der Waals surface area (Å²) in [6.07, 6.45) is 1.88. The monoisotopic (exact) mass is 481 g/mol. The molecule has 6 nitrogen and oxygen atoms in total. The van der Waals surface area contributed by atoms with E-state index in [-0.39, 0.29) is 18.3 Å². The Morgan fingerprint density at radius 2 is 2.04 bits per heavy atom. The van der Waals surface area contributed by atoms with Crippen LogP contribution in [-0.4, -0.2) is 15.7 Å². The molecule has 0 aliphatic heterocycles. The SMILES string of the molecule is CCn1cc(Br)c(CNC(=O)c2ccc(COc3ccccc3Br)o2)n1. The second-order valence-corrected chi connectivity index (χ2v) is 7.16. The van der Waals surface area contributed by atoms with Crippen LogP contribution in [0.1, 0.15) is 28.9 Å². The minimum absolute atomic E-state index is 0.238. The Balaban J connectivity index is 1.56. The quantitative estimate of drug-likeness (QED) is 0.537. The van der Waals surface area contributed by atoms with Crippen molar-refractivity contribution < 1.29 is 13.9 Å². The summed E-state index contributed by atoms with van der Waals surface area (Å²) in [4.78, 5) is 12.2. The third-order valence-electron chi connectivity index (χ3n) is 3.62. The van der Waals surface area contributed by atoms with Gasteiger partial charge in [0.25, 0.3) is 5.91 Å². The van der Waals surface area contributed by atoms with Gasteiger partial charge in [0.1, 0.15) is 18.1 Å². The van der Waals surface area contributed by atoms with Crippen molar-refractivity contribution in [2.24, 2.45) is 0 Å². The molecule has 0 atom stereocenters. The maximum Gasteiger partial charge on any atom is 0.287 e. The molecule has 26 heavy (non-hydrogen) atoms. The van der Waals surface area contributed by atoms with Gasteiger partial charge in [0, 0.05) is 12.7 Å². The van der Waals surface area contributed by atoms with E-state index in [2.05, 4.69) is 42.3 Å². The number of carbonyl (C=O) groups is 1. The van der Waals surface area contributed by atoms with Crippen LogP contribution in [0.2, 0.25) is 0 Å². The van der Waals surface area contributed by atoms with E-state index >= 15 is 0 Å². The number of aryl methyl sites for hydroxylation is 1. The number of hydrogen-bond donors (Lipinski definition) is 1. The molecule has 2 aromatic heterocycles. The summed E-state index contributed by atoms with van der Waals surface area (Å²) in [6.45, 7) is 3.33. The Bertz CT molecular complexity index is 905. The third-order valence-corrected chi connectivity index (χ3v) is 4.94. The second-order valence-electron chi connectivity index (χ2n) is 5.45. The number of carbonyl (C=O) groups excluding carboxylic acids is 1. The summed E-state index contributed by atoms with van der Waals surface area (Å²) in [7, 11) is 0. The number of benzene rings is 1. The van der Waals surface area contributed by atoms with Crippen LogP contribution in [0.15, 0.2) is 56.0 Å². The van der Waals surface area contributed by atoms with Gasteiger partial charge in [-0.15, -0.1) is 0 Å².